The van der Waals surface area contributed by atoms with E-state index in [1.54, 1.807) is 24.3 Å². The van der Waals surface area contributed by atoms with Crippen molar-refractivity contribution in [3.8, 4) is 5.75 Å². The molecule has 2 aromatic rings. The van der Waals surface area contributed by atoms with Gasteiger partial charge < -0.3 is 9.84 Å². The molecule has 0 unspecified atom stereocenters. The number of ether oxygens (including phenoxy) is 1. The molecule has 0 amide bonds. The molecule has 0 fully saturated rings. The number of methoxy groups -OCH3 is 1. The molecular weight excluding hydrogens is 250 g/mol. The molecule has 5 heteroatoms. The van der Waals surface area contributed by atoms with E-state index in [9.17, 15) is 9.90 Å². The van der Waals surface area contributed by atoms with Crippen molar-refractivity contribution in [1.82, 2.24) is 4.98 Å². The number of aromatic nitrogens is 1. The van der Waals surface area contributed by atoms with Crippen LogP contribution < -0.4 is 0 Å². The smallest absolute Gasteiger partial charge is 0.349 e. The minimum absolute atomic E-state index is 0.214. The van der Waals surface area contributed by atoms with Crippen LogP contribution in [0, 0.1) is 0 Å². The molecule has 2 rings (SSSR count). The fourth-order valence-corrected chi connectivity index (χ4v) is 2.09. The third-order valence-electron chi connectivity index (χ3n) is 2.20. The van der Waals surface area contributed by atoms with E-state index in [0.29, 0.717) is 9.88 Å². The summed E-state index contributed by atoms with van der Waals surface area (Å²) in [6.45, 7) is 0. The van der Waals surface area contributed by atoms with Crippen LogP contribution in [0.4, 0.5) is 0 Å². The number of thiazole rings is 1. The fraction of sp³-hybridized carbons (Fsp3) is 0.0769. The van der Waals surface area contributed by atoms with E-state index in [1.165, 1.54) is 24.6 Å². The van der Waals surface area contributed by atoms with E-state index in [0.717, 1.165) is 5.56 Å². The highest BCUT2D eigenvalue weighted by molar-refractivity contribution is 7.14. The quantitative estimate of drug-likeness (QED) is 0.863. The van der Waals surface area contributed by atoms with Crippen molar-refractivity contribution >= 4 is 29.5 Å². The van der Waals surface area contributed by atoms with Crippen LogP contribution in [-0.4, -0.2) is 23.2 Å². The maximum Gasteiger partial charge on any atom is 0.349 e. The standard InChI is InChI=1S/C13H11NO3S/c1-17-13(16)11-8-14-12(18-11)6-5-9-3-2-4-10(15)7-9/h2-8,15H,1H3/b6-5-. The number of hydrogen-bond donors (Lipinski definition) is 1. The van der Waals surface area contributed by atoms with Gasteiger partial charge in [-0.25, -0.2) is 9.78 Å². The lowest BCUT2D eigenvalue weighted by molar-refractivity contribution is 0.0606. The van der Waals surface area contributed by atoms with Gasteiger partial charge in [-0.05, 0) is 23.8 Å². The molecule has 1 heterocycles. The summed E-state index contributed by atoms with van der Waals surface area (Å²) in [7, 11) is 1.34. The summed E-state index contributed by atoms with van der Waals surface area (Å²) >= 11 is 1.25. The van der Waals surface area contributed by atoms with Gasteiger partial charge in [0.05, 0.1) is 13.3 Å². The molecule has 1 aromatic heterocycles. The van der Waals surface area contributed by atoms with Gasteiger partial charge in [0.2, 0.25) is 0 Å². The van der Waals surface area contributed by atoms with Crippen LogP contribution in [0.15, 0.2) is 30.5 Å². The van der Waals surface area contributed by atoms with Gasteiger partial charge >= 0.3 is 5.97 Å². The Hall–Kier alpha value is -2.14. The van der Waals surface area contributed by atoms with Crippen LogP contribution in [0.3, 0.4) is 0 Å². The zero-order chi connectivity index (χ0) is 13.0. The average molecular weight is 261 g/mol. The molecule has 0 saturated carbocycles. The highest BCUT2D eigenvalue weighted by Gasteiger charge is 2.08. The molecule has 4 nitrogen and oxygen atoms in total. The Labute approximate surface area is 108 Å². The van der Waals surface area contributed by atoms with Gasteiger partial charge in [0.15, 0.2) is 0 Å². The minimum atomic E-state index is -0.385. The molecule has 0 radical (unpaired) electrons. The molecular formula is C13H11NO3S. The van der Waals surface area contributed by atoms with Crippen LogP contribution in [0.5, 0.6) is 5.75 Å². The van der Waals surface area contributed by atoms with E-state index in [1.807, 2.05) is 12.1 Å². The van der Waals surface area contributed by atoms with Crippen molar-refractivity contribution in [1.29, 1.82) is 0 Å². The number of aromatic hydroxyl groups is 1. The second-order valence-corrected chi connectivity index (χ2v) is 4.54. The monoisotopic (exact) mass is 261 g/mol. The van der Waals surface area contributed by atoms with Gasteiger partial charge in [0.25, 0.3) is 0 Å². The van der Waals surface area contributed by atoms with Gasteiger partial charge in [-0.1, -0.05) is 18.2 Å². The van der Waals surface area contributed by atoms with E-state index in [2.05, 4.69) is 9.72 Å². The lowest BCUT2D eigenvalue weighted by Crippen LogP contribution is -1.96. The minimum Gasteiger partial charge on any atom is -0.508 e. The summed E-state index contributed by atoms with van der Waals surface area (Å²) in [5, 5.41) is 10.0. The normalized spacial score (nSPS) is 10.7. The summed E-state index contributed by atoms with van der Waals surface area (Å²) in [4.78, 5) is 15.8. The molecule has 0 bridgehead atoms. The first-order chi connectivity index (χ1) is 8.69. The summed E-state index contributed by atoms with van der Waals surface area (Å²) in [6, 6.07) is 6.88. The molecule has 0 saturated heterocycles. The van der Waals surface area contributed by atoms with Crippen LogP contribution in [-0.2, 0) is 4.74 Å². The first-order valence-electron chi connectivity index (χ1n) is 5.20. The zero-order valence-corrected chi connectivity index (χ0v) is 10.5. The lowest BCUT2D eigenvalue weighted by atomic mass is 10.2. The topological polar surface area (TPSA) is 59.4 Å². The Balaban J connectivity index is 2.14. The molecule has 0 spiro atoms. The van der Waals surface area contributed by atoms with E-state index >= 15 is 0 Å². The Morgan fingerprint density at radius 2 is 2.28 bits per heavy atom. The highest BCUT2D eigenvalue weighted by atomic mass is 32.1. The number of hydrogen-bond acceptors (Lipinski definition) is 5. The largest absolute Gasteiger partial charge is 0.508 e. The van der Waals surface area contributed by atoms with Crippen LogP contribution in [0.1, 0.15) is 20.2 Å². The molecule has 1 N–H and O–H groups in total. The Kier molecular flexibility index (Phi) is 3.74. The molecule has 0 atom stereocenters. The maximum absolute atomic E-state index is 11.2. The van der Waals surface area contributed by atoms with E-state index in [-0.39, 0.29) is 11.7 Å². The van der Waals surface area contributed by atoms with Gasteiger partial charge in [0, 0.05) is 0 Å². The van der Waals surface area contributed by atoms with Crippen LogP contribution in [0.25, 0.3) is 12.2 Å². The number of benzene rings is 1. The SMILES string of the molecule is COC(=O)c1cnc(/C=C\c2cccc(O)c2)s1. The number of rotatable bonds is 3. The average Bonchev–Trinajstić information content (AvgIpc) is 2.84. The van der Waals surface area contributed by atoms with Crippen molar-refractivity contribution in [3.63, 3.8) is 0 Å². The van der Waals surface area contributed by atoms with Crippen LogP contribution >= 0.6 is 11.3 Å². The molecule has 0 aliphatic rings. The second-order valence-electron chi connectivity index (χ2n) is 3.48. The van der Waals surface area contributed by atoms with Crippen molar-refractivity contribution in [2.75, 3.05) is 7.11 Å². The maximum atomic E-state index is 11.2. The number of esters is 1. The number of carbonyl (C=O) groups excluding carboxylic acids is 1. The summed E-state index contributed by atoms with van der Waals surface area (Å²) < 4.78 is 4.60. The predicted molar refractivity (Wildman–Crippen MR) is 70.5 cm³/mol. The van der Waals surface area contributed by atoms with Crippen molar-refractivity contribution < 1.29 is 14.6 Å². The molecule has 92 valence electrons. The van der Waals surface area contributed by atoms with Gasteiger partial charge in [-0.2, -0.15) is 0 Å². The Morgan fingerprint density at radius 3 is 3.00 bits per heavy atom. The number of carbonyl (C=O) groups is 1. The van der Waals surface area contributed by atoms with Gasteiger partial charge in [-0.15, -0.1) is 11.3 Å². The first kappa shape index (κ1) is 12.3. The Morgan fingerprint density at radius 1 is 1.44 bits per heavy atom. The third-order valence-corrected chi connectivity index (χ3v) is 3.14. The summed E-state index contributed by atoms with van der Waals surface area (Å²) in [6.07, 6.45) is 5.09. The lowest BCUT2D eigenvalue weighted by Gasteiger charge is -1.93. The van der Waals surface area contributed by atoms with E-state index < -0.39 is 0 Å². The summed E-state index contributed by atoms with van der Waals surface area (Å²) in [5.41, 5.74) is 0.866. The van der Waals surface area contributed by atoms with Crippen molar-refractivity contribution in [2.24, 2.45) is 0 Å². The van der Waals surface area contributed by atoms with E-state index in [4.69, 9.17) is 0 Å². The number of nitrogens with zero attached hydrogens (tertiary/aromatic N) is 1. The highest BCUT2D eigenvalue weighted by Crippen LogP contribution is 2.18. The van der Waals surface area contributed by atoms with Crippen molar-refractivity contribution in [2.45, 2.75) is 0 Å². The van der Waals surface area contributed by atoms with Crippen LogP contribution in [0.2, 0.25) is 0 Å². The molecule has 18 heavy (non-hydrogen) atoms. The summed E-state index contributed by atoms with van der Waals surface area (Å²) in [5.74, 6) is -0.170. The third kappa shape index (κ3) is 2.95. The number of phenolic OH excluding ortho intramolecular Hbond substituents is 1. The fourth-order valence-electron chi connectivity index (χ4n) is 1.36. The second kappa shape index (κ2) is 5.46. The Bertz CT molecular complexity index is 589. The first-order valence-corrected chi connectivity index (χ1v) is 6.02. The van der Waals surface area contributed by atoms with Crippen molar-refractivity contribution in [3.05, 3.63) is 45.9 Å². The molecule has 0 aliphatic heterocycles. The number of phenols is 1. The zero-order valence-electron chi connectivity index (χ0n) is 9.66. The van der Waals surface area contributed by atoms with Gasteiger partial charge in [0.1, 0.15) is 15.6 Å². The molecule has 0 aliphatic carbocycles. The molecule has 1 aromatic carbocycles. The van der Waals surface area contributed by atoms with Gasteiger partial charge in [-0.3, -0.25) is 0 Å². The predicted octanol–water partition coefficient (Wildman–Crippen LogP) is 2.81.